The van der Waals surface area contributed by atoms with Gasteiger partial charge in [-0.1, -0.05) is 12.8 Å². The van der Waals surface area contributed by atoms with Crippen molar-refractivity contribution in [2.24, 2.45) is 0 Å². The number of anilines is 1. The molecule has 3 aromatic rings. The Kier molecular flexibility index (Phi) is 4.07. The minimum atomic E-state index is -0.109. The first kappa shape index (κ1) is 17.2. The monoisotopic (exact) mass is 379 g/mol. The third kappa shape index (κ3) is 2.75. The second-order valence-corrected chi connectivity index (χ2v) is 7.97. The van der Waals surface area contributed by atoms with Gasteiger partial charge >= 0.3 is 6.03 Å². The van der Waals surface area contributed by atoms with Crippen LogP contribution in [0.3, 0.4) is 0 Å². The average molecular weight is 379 g/mol. The molecule has 2 aliphatic rings. The largest absolute Gasteiger partial charge is 0.322 e. The summed E-state index contributed by atoms with van der Waals surface area (Å²) in [7, 11) is 0. The molecule has 3 heterocycles. The number of rotatable bonds is 2. The molecule has 8 heteroatoms. The number of H-pyrrole nitrogens is 1. The van der Waals surface area contributed by atoms with Crippen molar-refractivity contribution in [1.29, 1.82) is 0 Å². The minimum absolute atomic E-state index is 0.103. The molecule has 1 fully saturated rings. The molecule has 1 aromatic carbocycles. The first-order valence-electron chi connectivity index (χ1n) is 10.1. The van der Waals surface area contributed by atoms with Crippen LogP contribution < -0.4 is 5.32 Å². The molecule has 5 rings (SSSR count). The van der Waals surface area contributed by atoms with Crippen LogP contribution in [-0.4, -0.2) is 42.4 Å². The van der Waals surface area contributed by atoms with Gasteiger partial charge in [0.1, 0.15) is 5.82 Å². The lowest BCUT2D eigenvalue weighted by Gasteiger charge is -2.34. The molecule has 0 radical (unpaired) electrons. The second-order valence-electron chi connectivity index (χ2n) is 7.97. The van der Waals surface area contributed by atoms with Crippen molar-refractivity contribution in [2.45, 2.75) is 58.0 Å². The summed E-state index contributed by atoms with van der Waals surface area (Å²) in [5.41, 5.74) is 2.77. The molecule has 8 nitrogen and oxygen atoms in total. The molecule has 146 valence electrons. The summed E-state index contributed by atoms with van der Waals surface area (Å²) in [6.07, 6.45) is 6.75. The number of amides is 2. The van der Waals surface area contributed by atoms with E-state index < -0.39 is 0 Å². The Bertz CT molecular complexity index is 1030. The van der Waals surface area contributed by atoms with Crippen LogP contribution in [0.2, 0.25) is 0 Å². The van der Waals surface area contributed by atoms with E-state index in [0.29, 0.717) is 12.5 Å². The van der Waals surface area contributed by atoms with Gasteiger partial charge < -0.3 is 14.8 Å². The van der Waals surface area contributed by atoms with Crippen LogP contribution >= 0.6 is 0 Å². The van der Waals surface area contributed by atoms with Gasteiger partial charge in [0.05, 0.1) is 17.8 Å². The Balaban J connectivity index is 1.36. The number of nitrogens with one attached hydrogen (secondary N) is 2. The zero-order valence-electron chi connectivity index (χ0n) is 16.3. The Morgan fingerprint density at radius 3 is 2.79 bits per heavy atom. The van der Waals surface area contributed by atoms with E-state index in [0.717, 1.165) is 40.3 Å². The van der Waals surface area contributed by atoms with E-state index in [1.54, 1.807) is 6.20 Å². The maximum absolute atomic E-state index is 13.0. The molecule has 2 N–H and O–H groups in total. The Hall–Kier alpha value is -2.90. The first-order valence-corrected chi connectivity index (χ1v) is 10.1. The topological polar surface area (TPSA) is 91.7 Å². The summed E-state index contributed by atoms with van der Waals surface area (Å²) in [5, 5.41) is 20.1. The highest BCUT2D eigenvalue weighted by Gasteiger charge is 2.33. The third-order valence-electron chi connectivity index (χ3n) is 6.21. The smallest absolute Gasteiger partial charge is 0.313 e. The zero-order chi connectivity index (χ0) is 19.3. The summed E-state index contributed by atoms with van der Waals surface area (Å²) in [5.74, 6) is 2.53. The molecule has 1 saturated carbocycles. The highest BCUT2D eigenvalue weighted by molar-refractivity contribution is 5.93. The predicted molar refractivity (Wildman–Crippen MR) is 106 cm³/mol. The van der Waals surface area contributed by atoms with Gasteiger partial charge in [0, 0.05) is 30.1 Å². The van der Waals surface area contributed by atoms with Crippen LogP contribution in [0.5, 0.6) is 0 Å². The predicted octanol–water partition coefficient (Wildman–Crippen LogP) is 3.73. The van der Waals surface area contributed by atoms with Crippen LogP contribution in [-0.2, 0) is 6.54 Å². The van der Waals surface area contributed by atoms with E-state index in [2.05, 4.69) is 30.3 Å². The van der Waals surface area contributed by atoms with Crippen molar-refractivity contribution in [3.05, 3.63) is 35.5 Å². The number of aryl methyl sites for hydroxylation is 1. The number of aromatic nitrogens is 5. The van der Waals surface area contributed by atoms with Crippen LogP contribution in [0.4, 0.5) is 10.5 Å². The Morgan fingerprint density at radius 1 is 1.18 bits per heavy atom. The molecular weight excluding hydrogens is 354 g/mol. The van der Waals surface area contributed by atoms with Crippen LogP contribution in [0, 0.1) is 6.92 Å². The highest BCUT2D eigenvalue weighted by atomic mass is 16.2. The maximum Gasteiger partial charge on any atom is 0.322 e. The lowest BCUT2D eigenvalue weighted by Crippen LogP contribution is -2.43. The van der Waals surface area contributed by atoms with E-state index >= 15 is 0 Å². The van der Waals surface area contributed by atoms with E-state index in [1.807, 2.05) is 30.9 Å². The number of fused-ring (bicyclic) bond motifs is 2. The molecule has 1 aliphatic heterocycles. The lowest BCUT2D eigenvalue weighted by atomic mass is 10.1. The molecule has 1 atom stereocenters. The summed E-state index contributed by atoms with van der Waals surface area (Å²) in [4.78, 5) is 14.8. The van der Waals surface area contributed by atoms with Gasteiger partial charge in [0.25, 0.3) is 0 Å². The van der Waals surface area contributed by atoms with Crippen LogP contribution in [0.1, 0.15) is 61.8 Å². The van der Waals surface area contributed by atoms with Crippen LogP contribution in [0.15, 0.2) is 18.3 Å². The number of nitrogens with zero attached hydrogens (tertiary/aromatic N) is 5. The molecule has 1 aliphatic carbocycles. The van der Waals surface area contributed by atoms with Gasteiger partial charge in [-0.2, -0.15) is 5.10 Å². The number of aromatic amines is 1. The molecule has 2 amide bonds. The van der Waals surface area contributed by atoms with Gasteiger partial charge in [0.15, 0.2) is 5.82 Å². The van der Waals surface area contributed by atoms with Crippen LogP contribution in [0.25, 0.3) is 10.9 Å². The highest BCUT2D eigenvalue weighted by Crippen LogP contribution is 2.35. The van der Waals surface area contributed by atoms with E-state index in [1.165, 1.54) is 25.7 Å². The fraction of sp³-hybridized carbons (Fsp3) is 0.500. The minimum Gasteiger partial charge on any atom is -0.313 e. The fourth-order valence-corrected chi connectivity index (χ4v) is 4.67. The number of hydrogen-bond donors (Lipinski definition) is 2. The van der Waals surface area contributed by atoms with Crippen molar-refractivity contribution in [3.63, 3.8) is 0 Å². The summed E-state index contributed by atoms with van der Waals surface area (Å²) >= 11 is 0. The standard InChI is InChI=1S/C20H25N7O/c1-12-9-15(10-17-16(12)11-21-23-17)22-20(28)26-7-8-27-18(13(26)2)24-25-19(27)14-5-3-4-6-14/h9-11,13-14H,3-8H2,1-2H3,(H,21,23)(H,22,28). The Morgan fingerprint density at radius 2 is 1.96 bits per heavy atom. The number of carbonyl (C=O) groups is 1. The van der Waals surface area contributed by atoms with Crippen molar-refractivity contribution < 1.29 is 4.79 Å². The van der Waals surface area contributed by atoms with E-state index in [4.69, 9.17) is 0 Å². The van der Waals surface area contributed by atoms with Gasteiger partial charge in [-0.05, 0) is 44.4 Å². The van der Waals surface area contributed by atoms with Crippen molar-refractivity contribution >= 4 is 22.6 Å². The Labute approximate surface area is 163 Å². The molecule has 0 saturated heterocycles. The number of carbonyl (C=O) groups excluding carboxylic acids is 1. The van der Waals surface area contributed by atoms with E-state index in [-0.39, 0.29) is 12.1 Å². The fourth-order valence-electron chi connectivity index (χ4n) is 4.67. The van der Waals surface area contributed by atoms with Gasteiger partial charge in [-0.3, -0.25) is 5.10 Å². The van der Waals surface area contributed by atoms with Gasteiger partial charge in [-0.15, -0.1) is 10.2 Å². The molecule has 28 heavy (non-hydrogen) atoms. The number of benzene rings is 1. The van der Waals surface area contributed by atoms with Gasteiger partial charge in [0.2, 0.25) is 0 Å². The summed E-state index contributed by atoms with van der Waals surface area (Å²) in [6, 6.07) is 3.68. The normalized spacial score (nSPS) is 19.9. The molecular formula is C20H25N7O. The van der Waals surface area contributed by atoms with E-state index in [9.17, 15) is 4.79 Å². The molecule has 2 aromatic heterocycles. The summed E-state index contributed by atoms with van der Waals surface area (Å²) < 4.78 is 2.24. The van der Waals surface area contributed by atoms with Crippen molar-refractivity contribution in [3.8, 4) is 0 Å². The van der Waals surface area contributed by atoms with Crippen molar-refractivity contribution in [2.75, 3.05) is 11.9 Å². The number of hydrogen-bond acceptors (Lipinski definition) is 4. The molecule has 0 spiro atoms. The zero-order valence-corrected chi connectivity index (χ0v) is 16.3. The first-order chi connectivity index (χ1) is 13.6. The maximum atomic E-state index is 13.0. The molecule has 0 bridgehead atoms. The summed E-state index contributed by atoms with van der Waals surface area (Å²) in [6.45, 7) is 5.46. The lowest BCUT2D eigenvalue weighted by molar-refractivity contribution is 0.171. The number of urea groups is 1. The van der Waals surface area contributed by atoms with Crippen molar-refractivity contribution in [1.82, 2.24) is 29.9 Å². The SMILES string of the molecule is Cc1cc(NC(=O)N2CCn3c(C4CCCC4)nnc3C2C)cc2[nH]ncc12. The quantitative estimate of drug-likeness (QED) is 0.710. The average Bonchev–Trinajstić information content (AvgIpc) is 3.41. The van der Waals surface area contributed by atoms with Gasteiger partial charge in [-0.25, -0.2) is 4.79 Å². The third-order valence-corrected chi connectivity index (χ3v) is 6.21. The molecule has 1 unspecified atom stereocenters. The second kappa shape index (κ2) is 6.61.